The summed E-state index contributed by atoms with van der Waals surface area (Å²) >= 11 is 0. The van der Waals surface area contributed by atoms with Gasteiger partial charge in [-0.2, -0.15) is 5.10 Å². The maximum absolute atomic E-state index is 12.9. The summed E-state index contributed by atoms with van der Waals surface area (Å²) in [6.07, 6.45) is 1.79. The Labute approximate surface area is 152 Å². The van der Waals surface area contributed by atoms with Crippen LogP contribution < -0.4 is 9.64 Å². The molecule has 1 amide bonds. The van der Waals surface area contributed by atoms with Crippen molar-refractivity contribution in [2.45, 2.75) is 27.0 Å². The highest BCUT2D eigenvalue weighted by molar-refractivity contribution is 5.94. The fourth-order valence-electron chi connectivity index (χ4n) is 3.35. The van der Waals surface area contributed by atoms with E-state index in [0.29, 0.717) is 6.61 Å². The third kappa shape index (κ3) is 2.75. The van der Waals surface area contributed by atoms with Crippen molar-refractivity contribution in [1.29, 1.82) is 0 Å². The van der Waals surface area contributed by atoms with E-state index in [-0.39, 0.29) is 12.5 Å². The summed E-state index contributed by atoms with van der Waals surface area (Å²) in [6, 6.07) is 14.0. The van der Waals surface area contributed by atoms with Gasteiger partial charge in [-0.25, -0.2) is 0 Å². The van der Waals surface area contributed by atoms with Crippen LogP contribution >= 0.6 is 0 Å². The van der Waals surface area contributed by atoms with Crippen molar-refractivity contribution in [3.8, 4) is 17.0 Å². The summed E-state index contributed by atoms with van der Waals surface area (Å²) in [7, 11) is 1.82. The van der Waals surface area contributed by atoms with Crippen molar-refractivity contribution in [2.24, 2.45) is 0 Å². The lowest BCUT2D eigenvalue weighted by Gasteiger charge is -2.22. The second kappa shape index (κ2) is 6.33. The van der Waals surface area contributed by atoms with Crippen LogP contribution in [0.15, 0.2) is 48.7 Å². The van der Waals surface area contributed by atoms with Gasteiger partial charge in [0.25, 0.3) is 0 Å². The smallest absolute Gasteiger partial charge is 0.248 e. The molecular weight excluding hydrogens is 326 g/mol. The Morgan fingerprint density at radius 1 is 1.23 bits per heavy atom. The topological polar surface area (TPSA) is 47.4 Å². The third-order valence-electron chi connectivity index (χ3n) is 4.83. The van der Waals surface area contributed by atoms with Gasteiger partial charge in [0, 0.05) is 23.9 Å². The molecule has 0 fully saturated rings. The van der Waals surface area contributed by atoms with Gasteiger partial charge in [0.2, 0.25) is 5.91 Å². The van der Waals surface area contributed by atoms with Gasteiger partial charge in [0.05, 0.1) is 11.9 Å². The summed E-state index contributed by atoms with van der Waals surface area (Å²) in [4.78, 5) is 14.6. The van der Waals surface area contributed by atoms with E-state index in [0.717, 1.165) is 39.4 Å². The average Bonchev–Trinajstić information content (AvgIpc) is 3.06. The molecule has 5 heteroatoms. The number of carbonyl (C=O) groups excluding carboxylic acids is 1. The van der Waals surface area contributed by atoms with Gasteiger partial charge in [-0.1, -0.05) is 24.3 Å². The standard InChI is InChI=1S/C21H21N3O2/c1-14-8-9-15(2)18(10-14)23(3)20(25)12-24-21-16(11-22-24)13-26-19-7-5-4-6-17(19)21/h4-11H,12-13H2,1-3H3. The number of anilines is 1. The molecular formula is C21H21N3O2. The zero-order chi connectivity index (χ0) is 18.3. The molecule has 0 unspecified atom stereocenters. The minimum Gasteiger partial charge on any atom is -0.488 e. The van der Waals surface area contributed by atoms with Gasteiger partial charge < -0.3 is 9.64 Å². The van der Waals surface area contributed by atoms with Gasteiger partial charge in [-0.05, 0) is 43.2 Å². The molecule has 1 aromatic heterocycles. The number of benzene rings is 2. The van der Waals surface area contributed by atoms with E-state index < -0.39 is 0 Å². The normalized spacial score (nSPS) is 12.1. The van der Waals surface area contributed by atoms with Gasteiger partial charge >= 0.3 is 0 Å². The fourth-order valence-corrected chi connectivity index (χ4v) is 3.35. The number of aromatic nitrogens is 2. The van der Waals surface area contributed by atoms with E-state index >= 15 is 0 Å². The van der Waals surface area contributed by atoms with Gasteiger partial charge in [-0.15, -0.1) is 0 Å². The maximum Gasteiger partial charge on any atom is 0.248 e. The molecule has 0 saturated heterocycles. The van der Waals surface area contributed by atoms with Crippen LogP contribution in [0.1, 0.15) is 16.7 Å². The molecule has 0 N–H and O–H groups in total. The Bertz CT molecular complexity index is 991. The molecule has 4 rings (SSSR count). The summed E-state index contributed by atoms with van der Waals surface area (Å²) in [5.41, 5.74) is 6.09. The van der Waals surface area contributed by atoms with Crippen molar-refractivity contribution in [2.75, 3.05) is 11.9 Å². The number of amides is 1. The summed E-state index contributed by atoms with van der Waals surface area (Å²) in [5.74, 6) is 0.825. The number of fused-ring (bicyclic) bond motifs is 3. The van der Waals surface area contributed by atoms with Crippen molar-refractivity contribution in [1.82, 2.24) is 9.78 Å². The van der Waals surface area contributed by atoms with Gasteiger partial charge in [0.1, 0.15) is 18.9 Å². The first-order chi connectivity index (χ1) is 12.5. The number of likely N-dealkylation sites (N-methyl/N-ethyl adjacent to an activating group) is 1. The summed E-state index contributed by atoms with van der Waals surface area (Å²) in [5, 5.41) is 4.44. The first-order valence-corrected chi connectivity index (χ1v) is 8.65. The molecule has 0 bridgehead atoms. The van der Waals surface area contributed by atoms with Crippen molar-refractivity contribution in [3.05, 3.63) is 65.4 Å². The summed E-state index contributed by atoms with van der Waals surface area (Å²) < 4.78 is 7.54. The lowest BCUT2D eigenvalue weighted by molar-refractivity contribution is -0.119. The second-order valence-corrected chi connectivity index (χ2v) is 6.70. The predicted octanol–water partition coefficient (Wildman–Crippen LogP) is 3.72. The summed E-state index contributed by atoms with van der Waals surface area (Å²) in [6.45, 7) is 4.71. The number of nitrogens with zero attached hydrogens (tertiary/aromatic N) is 3. The molecule has 3 aromatic rings. The molecule has 5 nitrogen and oxygen atoms in total. The Kier molecular flexibility index (Phi) is 3.99. The van der Waals surface area contributed by atoms with Crippen molar-refractivity contribution < 1.29 is 9.53 Å². The minimum atomic E-state index is -0.00595. The van der Waals surface area contributed by atoms with Gasteiger partial charge in [-0.3, -0.25) is 9.48 Å². The minimum absolute atomic E-state index is 0.00595. The number of hydrogen-bond acceptors (Lipinski definition) is 3. The SMILES string of the molecule is Cc1ccc(C)c(N(C)C(=O)Cn2ncc3c2-c2ccccc2OC3)c1. The predicted molar refractivity (Wildman–Crippen MR) is 101 cm³/mol. The Hall–Kier alpha value is -3.08. The van der Waals surface area contributed by atoms with Crippen molar-refractivity contribution >= 4 is 11.6 Å². The zero-order valence-electron chi connectivity index (χ0n) is 15.2. The van der Waals surface area contributed by atoms with Crippen LogP contribution in [0.25, 0.3) is 11.3 Å². The van der Waals surface area contributed by atoms with Crippen LogP contribution in [0.2, 0.25) is 0 Å². The van der Waals surface area contributed by atoms with Crippen LogP contribution in [0.5, 0.6) is 5.75 Å². The maximum atomic E-state index is 12.9. The lowest BCUT2D eigenvalue weighted by atomic mass is 10.0. The van der Waals surface area contributed by atoms with Crippen LogP contribution in [0.4, 0.5) is 5.69 Å². The highest BCUT2D eigenvalue weighted by Crippen LogP contribution is 2.37. The molecule has 2 aromatic carbocycles. The molecule has 1 aliphatic rings. The van der Waals surface area contributed by atoms with E-state index in [1.165, 1.54) is 0 Å². The van der Waals surface area contributed by atoms with Gasteiger partial charge in [0.15, 0.2) is 0 Å². The fraction of sp³-hybridized carbons (Fsp3) is 0.238. The Balaban J connectivity index is 1.64. The van der Waals surface area contributed by atoms with Crippen LogP contribution in [0.3, 0.4) is 0 Å². The second-order valence-electron chi connectivity index (χ2n) is 6.70. The largest absolute Gasteiger partial charge is 0.488 e. The quantitative estimate of drug-likeness (QED) is 0.725. The van der Waals surface area contributed by atoms with E-state index in [2.05, 4.69) is 11.2 Å². The molecule has 1 aliphatic heterocycles. The first kappa shape index (κ1) is 16.4. The number of hydrogen-bond donors (Lipinski definition) is 0. The molecule has 0 spiro atoms. The molecule has 0 radical (unpaired) electrons. The molecule has 0 saturated carbocycles. The third-order valence-corrected chi connectivity index (χ3v) is 4.83. The highest BCUT2D eigenvalue weighted by atomic mass is 16.5. The van der Waals surface area contributed by atoms with Crippen LogP contribution in [0, 0.1) is 13.8 Å². The number of para-hydroxylation sites is 1. The Morgan fingerprint density at radius 2 is 2.04 bits per heavy atom. The van der Waals surface area contributed by atoms with E-state index in [4.69, 9.17) is 4.74 Å². The van der Waals surface area contributed by atoms with E-state index in [1.54, 1.807) is 15.8 Å². The zero-order valence-corrected chi connectivity index (χ0v) is 15.2. The van der Waals surface area contributed by atoms with Crippen molar-refractivity contribution in [3.63, 3.8) is 0 Å². The van der Waals surface area contributed by atoms with Crippen LogP contribution in [-0.2, 0) is 17.9 Å². The van der Waals surface area contributed by atoms with E-state index in [9.17, 15) is 4.79 Å². The number of aryl methyl sites for hydroxylation is 2. The molecule has 2 heterocycles. The number of ether oxygens (including phenoxy) is 1. The number of rotatable bonds is 3. The average molecular weight is 347 g/mol. The molecule has 0 atom stereocenters. The van der Waals surface area contributed by atoms with E-state index in [1.807, 2.05) is 57.3 Å². The molecule has 0 aliphatic carbocycles. The monoisotopic (exact) mass is 347 g/mol. The molecule has 132 valence electrons. The van der Waals surface area contributed by atoms with Crippen LogP contribution in [-0.4, -0.2) is 22.7 Å². The Morgan fingerprint density at radius 3 is 2.88 bits per heavy atom. The first-order valence-electron chi connectivity index (χ1n) is 8.65. The molecule has 26 heavy (non-hydrogen) atoms. The lowest BCUT2D eigenvalue weighted by Crippen LogP contribution is -2.31. The highest BCUT2D eigenvalue weighted by Gasteiger charge is 2.24. The number of carbonyl (C=O) groups is 1.